The number of rotatable bonds is 6. The van der Waals surface area contributed by atoms with Crippen molar-refractivity contribution in [3.8, 4) is 0 Å². The van der Waals surface area contributed by atoms with Gasteiger partial charge in [0.2, 0.25) is 11.8 Å². The SMILES string of the molecule is Cc1ccc(N2CC(C(=O)N(C)C3CCN(CCc4ccccn4)CC3)CC2=O)c(F)c1. The molecular weight excluding hydrogens is 407 g/mol. The maximum absolute atomic E-state index is 14.4. The van der Waals surface area contributed by atoms with Crippen LogP contribution in [0.3, 0.4) is 0 Å². The van der Waals surface area contributed by atoms with E-state index in [-0.39, 0.29) is 36.5 Å². The molecule has 6 nitrogen and oxygen atoms in total. The van der Waals surface area contributed by atoms with Crippen LogP contribution in [0.25, 0.3) is 0 Å². The van der Waals surface area contributed by atoms with Gasteiger partial charge in [-0.3, -0.25) is 14.6 Å². The minimum atomic E-state index is -0.421. The number of piperidine rings is 1. The number of likely N-dealkylation sites (tertiary alicyclic amines) is 1. The molecule has 1 aromatic heterocycles. The first-order valence-electron chi connectivity index (χ1n) is 11.4. The average Bonchev–Trinajstić information content (AvgIpc) is 3.19. The molecule has 32 heavy (non-hydrogen) atoms. The molecule has 1 aromatic carbocycles. The van der Waals surface area contributed by atoms with Gasteiger partial charge < -0.3 is 14.7 Å². The number of halogens is 1. The van der Waals surface area contributed by atoms with Crippen LogP contribution in [-0.2, 0) is 16.0 Å². The molecule has 0 saturated carbocycles. The summed E-state index contributed by atoms with van der Waals surface area (Å²) < 4.78 is 14.4. The van der Waals surface area contributed by atoms with Crippen LogP contribution in [0.4, 0.5) is 10.1 Å². The first-order valence-corrected chi connectivity index (χ1v) is 11.4. The van der Waals surface area contributed by atoms with E-state index in [1.54, 1.807) is 12.1 Å². The maximum atomic E-state index is 14.4. The molecule has 0 N–H and O–H groups in total. The van der Waals surface area contributed by atoms with E-state index in [4.69, 9.17) is 0 Å². The Balaban J connectivity index is 1.29. The van der Waals surface area contributed by atoms with Crippen LogP contribution in [0.2, 0.25) is 0 Å². The lowest BCUT2D eigenvalue weighted by atomic mass is 10.00. The van der Waals surface area contributed by atoms with Gasteiger partial charge in [-0.25, -0.2) is 4.39 Å². The number of anilines is 1. The molecule has 2 aromatic rings. The van der Waals surface area contributed by atoms with Crippen LogP contribution in [0.5, 0.6) is 0 Å². The highest BCUT2D eigenvalue weighted by molar-refractivity contribution is 6.00. The van der Waals surface area contributed by atoms with Gasteiger partial charge in [0.05, 0.1) is 11.6 Å². The fraction of sp³-hybridized carbons (Fsp3) is 0.480. The van der Waals surface area contributed by atoms with Crippen molar-refractivity contribution >= 4 is 17.5 Å². The molecule has 2 amide bonds. The van der Waals surface area contributed by atoms with Crippen molar-refractivity contribution < 1.29 is 14.0 Å². The summed E-state index contributed by atoms with van der Waals surface area (Å²) in [7, 11) is 1.84. The van der Waals surface area contributed by atoms with Gasteiger partial charge in [0.15, 0.2) is 0 Å². The highest BCUT2D eigenvalue weighted by Crippen LogP contribution is 2.30. The Bertz CT molecular complexity index is 960. The molecule has 0 aliphatic carbocycles. The van der Waals surface area contributed by atoms with Gasteiger partial charge >= 0.3 is 0 Å². The number of hydrogen-bond acceptors (Lipinski definition) is 4. The van der Waals surface area contributed by atoms with E-state index in [1.807, 2.05) is 43.3 Å². The van der Waals surface area contributed by atoms with Crippen molar-refractivity contribution in [2.45, 2.75) is 38.6 Å². The summed E-state index contributed by atoms with van der Waals surface area (Å²) in [4.78, 5) is 35.7. The lowest BCUT2D eigenvalue weighted by Gasteiger charge is -2.37. The van der Waals surface area contributed by atoms with Crippen molar-refractivity contribution in [2.24, 2.45) is 5.92 Å². The average molecular weight is 439 g/mol. The number of aromatic nitrogens is 1. The van der Waals surface area contributed by atoms with Gasteiger partial charge in [0, 0.05) is 64.0 Å². The Hall–Kier alpha value is -2.80. The molecule has 0 spiro atoms. The fourth-order valence-electron chi connectivity index (χ4n) is 4.75. The highest BCUT2D eigenvalue weighted by Gasteiger charge is 2.39. The third kappa shape index (κ3) is 4.99. The van der Waals surface area contributed by atoms with E-state index in [9.17, 15) is 14.0 Å². The number of pyridine rings is 1. The molecule has 2 saturated heterocycles. The zero-order chi connectivity index (χ0) is 22.7. The van der Waals surface area contributed by atoms with Gasteiger partial charge in [-0.1, -0.05) is 12.1 Å². The minimum Gasteiger partial charge on any atom is -0.342 e. The third-order valence-electron chi connectivity index (χ3n) is 6.73. The quantitative estimate of drug-likeness (QED) is 0.696. The van der Waals surface area contributed by atoms with Crippen LogP contribution >= 0.6 is 0 Å². The maximum Gasteiger partial charge on any atom is 0.228 e. The number of carbonyl (C=O) groups excluding carboxylic acids is 2. The number of nitrogens with zero attached hydrogens (tertiary/aromatic N) is 4. The Morgan fingerprint density at radius 1 is 1.22 bits per heavy atom. The molecule has 0 bridgehead atoms. The van der Waals surface area contributed by atoms with E-state index < -0.39 is 11.7 Å². The monoisotopic (exact) mass is 438 g/mol. The predicted molar refractivity (Wildman–Crippen MR) is 122 cm³/mol. The van der Waals surface area contributed by atoms with E-state index in [0.717, 1.165) is 50.2 Å². The molecule has 170 valence electrons. The summed E-state index contributed by atoms with van der Waals surface area (Å²) in [5.41, 5.74) is 2.17. The van der Waals surface area contributed by atoms with Gasteiger partial charge in [-0.15, -0.1) is 0 Å². The summed E-state index contributed by atoms with van der Waals surface area (Å²) in [6.45, 7) is 4.91. The number of hydrogen-bond donors (Lipinski definition) is 0. The number of benzene rings is 1. The normalized spacial score (nSPS) is 20.0. The van der Waals surface area contributed by atoms with Gasteiger partial charge in [0.1, 0.15) is 5.82 Å². The van der Waals surface area contributed by atoms with Crippen LogP contribution in [0.1, 0.15) is 30.5 Å². The molecule has 7 heteroatoms. The molecule has 2 aliphatic rings. The summed E-state index contributed by atoms with van der Waals surface area (Å²) in [6.07, 6.45) is 4.72. The lowest BCUT2D eigenvalue weighted by Crippen LogP contribution is -2.48. The fourth-order valence-corrected chi connectivity index (χ4v) is 4.75. The first-order chi connectivity index (χ1) is 15.4. The Kier molecular flexibility index (Phi) is 6.84. The molecule has 1 atom stereocenters. The third-order valence-corrected chi connectivity index (χ3v) is 6.73. The molecular formula is C25H31FN4O2. The Morgan fingerprint density at radius 3 is 2.69 bits per heavy atom. The Labute approximate surface area is 189 Å². The highest BCUT2D eigenvalue weighted by atomic mass is 19.1. The molecule has 2 fully saturated rings. The van der Waals surface area contributed by atoms with Gasteiger partial charge in [-0.05, 0) is 49.6 Å². The second kappa shape index (κ2) is 9.77. The summed E-state index contributed by atoms with van der Waals surface area (Å²) in [5, 5.41) is 0. The van der Waals surface area contributed by atoms with Gasteiger partial charge in [-0.2, -0.15) is 0 Å². The molecule has 0 radical (unpaired) electrons. The first kappa shape index (κ1) is 22.4. The van der Waals surface area contributed by atoms with E-state index in [2.05, 4.69) is 9.88 Å². The number of amides is 2. The Morgan fingerprint density at radius 2 is 2.00 bits per heavy atom. The lowest BCUT2D eigenvalue weighted by molar-refractivity contribution is -0.137. The second-order valence-electron chi connectivity index (χ2n) is 8.95. The van der Waals surface area contributed by atoms with Crippen LogP contribution in [0, 0.1) is 18.7 Å². The van der Waals surface area contributed by atoms with Crippen LogP contribution in [-0.4, -0.2) is 65.9 Å². The predicted octanol–water partition coefficient (Wildman–Crippen LogP) is 3.05. The smallest absolute Gasteiger partial charge is 0.228 e. The standard InChI is InChI=1S/C25H31FN4O2/c1-18-6-7-23(22(26)15-18)30-17-19(16-24(30)31)25(32)28(2)21-9-13-29(14-10-21)12-8-20-5-3-4-11-27-20/h3-7,11,15,19,21H,8-10,12-14,16-17H2,1-2H3. The zero-order valence-electron chi connectivity index (χ0n) is 18.8. The van der Waals surface area contributed by atoms with Crippen LogP contribution < -0.4 is 4.90 Å². The second-order valence-corrected chi connectivity index (χ2v) is 8.95. The topological polar surface area (TPSA) is 56.8 Å². The zero-order valence-corrected chi connectivity index (χ0v) is 18.8. The van der Waals surface area contributed by atoms with Crippen LogP contribution in [0.15, 0.2) is 42.6 Å². The van der Waals surface area contributed by atoms with Crippen molar-refractivity contribution in [1.82, 2.24) is 14.8 Å². The van der Waals surface area contributed by atoms with Crippen molar-refractivity contribution in [3.63, 3.8) is 0 Å². The van der Waals surface area contributed by atoms with E-state index in [1.165, 1.54) is 11.0 Å². The van der Waals surface area contributed by atoms with Gasteiger partial charge in [0.25, 0.3) is 0 Å². The van der Waals surface area contributed by atoms with E-state index >= 15 is 0 Å². The van der Waals surface area contributed by atoms with Crippen molar-refractivity contribution in [3.05, 3.63) is 59.7 Å². The summed E-state index contributed by atoms with van der Waals surface area (Å²) in [6, 6.07) is 11.0. The summed E-state index contributed by atoms with van der Waals surface area (Å²) in [5.74, 6) is -1.04. The van der Waals surface area contributed by atoms with Crippen molar-refractivity contribution in [2.75, 3.05) is 38.1 Å². The van der Waals surface area contributed by atoms with E-state index in [0.29, 0.717) is 0 Å². The molecule has 4 rings (SSSR count). The number of carbonyl (C=O) groups is 2. The molecule has 2 aliphatic heterocycles. The largest absolute Gasteiger partial charge is 0.342 e. The van der Waals surface area contributed by atoms with Crippen molar-refractivity contribution in [1.29, 1.82) is 0 Å². The summed E-state index contributed by atoms with van der Waals surface area (Å²) >= 11 is 0. The number of aryl methyl sites for hydroxylation is 1. The minimum absolute atomic E-state index is 0.0136. The molecule has 1 unspecified atom stereocenters. The molecule has 3 heterocycles.